The molecular weight excluding hydrogens is 150 g/mol. The lowest BCUT2D eigenvalue weighted by atomic mass is 10.0. The normalized spacial score (nSPS) is 18.7. The first-order chi connectivity index (χ1) is 5.95. The zero-order chi connectivity index (χ0) is 8.23. The first-order valence-corrected chi connectivity index (χ1v) is 4.77. The van der Waals surface area contributed by atoms with Crippen LogP contribution in [0.15, 0.2) is 12.7 Å². The molecule has 0 amide bonds. The van der Waals surface area contributed by atoms with Crippen molar-refractivity contribution in [2.45, 2.75) is 38.6 Å². The third-order valence-electron chi connectivity index (χ3n) is 2.71. The van der Waals surface area contributed by atoms with E-state index in [9.17, 15) is 0 Å². The van der Waals surface area contributed by atoms with E-state index in [0.29, 0.717) is 0 Å². The van der Waals surface area contributed by atoms with Gasteiger partial charge in [-0.3, -0.25) is 4.68 Å². The average molecular weight is 165 g/mol. The maximum atomic E-state index is 4.08. The van der Waals surface area contributed by atoms with Crippen molar-refractivity contribution in [3.63, 3.8) is 0 Å². The Labute approximate surface area is 72.8 Å². The molecule has 1 fully saturated rings. The number of aryl methyl sites for hydroxylation is 1. The van der Waals surface area contributed by atoms with Crippen LogP contribution in [0.1, 0.15) is 32.1 Å². The van der Waals surface area contributed by atoms with E-state index in [1.54, 1.807) is 12.7 Å². The van der Waals surface area contributed by atoms with Crippen molar-refractivity contribution in [2.75, 3.05) is 0 Å². The molecule has 0 aromatic carbocycles. The molecule has 2 rings (SSSR count). The van der Waals surface area contributed by atoms with Crippen LogP contribution >= 0.6 is 0 Å². The Hall–Kier alpha value is -0.860. The molecule has 0 spiro atoms. The van der Waals surface area contributed by atoms with Crippen molar-refractivity contribution in [1.82, 2.24) is 14.8 Å². The van der Waals surface area contributed by atoms with Crippen LogP contribution in [0, 0.1) is 5.92 Å². The highest BCUT2D eigenvalue weighted by atomic mass is 15.3. The van der Waals surface area contributed by atoms with Crippen LogP contribution in [0.5, 0.6) is 0 Å². The molecule has 12 heavy (non-hydrogen) atoms. The number of nitrogens with zero attached hydrogens (tertiary/aromatic N) is 3. The summed E-state index contributed by atoms with van der Waals surface area (Å²) in [6.07, 6.45) is 10.4. The molecule has 1 aliphatic carbocycles. The lowest BCUT2D eigenvalue weighted by Gasteiger charge is -2.07. The van der Waals surface area contributed by atoms with E-state index < -0.39 is 0 Å². The topological polar surface area (TPSA) is 30.7 Å². The quantitative estimate of drug-likeness (QED) is 0.684. The summed E-state index contributed by atoms with van der Waals surface area (Å²) in [6.45, 7) is 1.05. The van der Waals surface area contributed by atoms with E-state index in [0.717, 1.165) is 12.5 Å². The van der Waals surface area contributed by atoms with Gasteiger partial charge in [0.15, 0.2) is 0 Å². The summed E-state index contributed by atoms with van der Waals surface area (Å²) in [5.74, 6) is 0.953. The van der Waals surface area contributed by atoms with E-state index in [4.69, 9.17) is 0 Å². The molecule has 0 aliphatic heterocycles. The summed E-state index contributed by atoms with van der Waals surface area (Å²) in [6, 6.07) is 0. The minimum absolute atomic E-state index is 0.953. The molecule has 3 heteroatoms. The van der Waals surface area contributed by atoms with Crippen molar-refractivity contribution < 1.29 is 0 Å². The highest BCUT2D eigenvalue weighted by molar-refractivity contribution is 4.67. The molecule has 0 radical (unpaired) electrons. The fourth-order valence-electron chi connectivity index (χ4n) is 1.96. The Kier molecular flexibility index (Phi) is 2.39. The van der Waals surface area contributed by atoms with Crippen LogP contribution < -0.4 is 0 Å². The highest BCUT2D eigenvalue weighted by Gasteiger charge is 2.14. The predicted octanol–water partition coefficient (Wildman–Crippen LogP) is 1.86. The fourth-order valence-corrected chi connectivity index (χ4v) is 1.96. The van der Waals surface area contributed by atoms with Gasteiger partial charge in [-0.15, -0.1) is 0 Å². The summed E-state index contributed by atoms with van der Waals surface area (Å²) >= 11 is 0. The minimum Gasteiger partial charge on any atom is -0.253 e. The summed E-state index contributed by atoms with van der Waals surface area (Å²) in [4.78, 5) is 3.92. The van der Waals surface area contributed by atoms with Crippen LogP contribution in [0.3, 0.4) is 0 Å². The smallest absolute Gasteiger partial charge is 0.137 e. The highest BCUT2D eigenvalue weighted by Crippen LogP contribution is 2.27. The second-order valence-electron chi connectivity index (χ2n) is 3.60. The fraction of sp³-hybridized carbons (Fsp3) is 0.778. The zero-order valence-electron chi connectivity index (χ0n) is 7.32. The van der Waals surface area contributed by atoms with Crippen molar-refractivity contribution >= 4 is 0 Å². The van der Waals surface area contributed by atoms with Crippen molar-refractivity contribution in [2.24, 2.45) is 5.92 Å². The number of rotatable bonds is 3. The predicted molar refractivity (Wildman–Crippen MR) is 46.6 cm³/mol. The Morgan fingerprint density at radius 2 is 2.17 bits per heavy atom. The van der Waals surface area contributed by atoms with Gasteiger partial charge >= 0.3 is 0 Å². The second-order valence-corrected chi connectivity index (χ2v) is 3.60. The Bertz CT molecular complexity index is 212. The van der Waals surface area contributed by atoms with Gasteiger partial charge in [0, 0.05) is 6.54 Å². The van der Waals surface area contributed by atoms with Gasteiger partial charge in [0.2, 0.25) is 0 Å². The first-order valence-electron chi connectivity index (χ1n) is 4.77. The molecule has 66 valence electrons. The molecule has 1 aromatic rings. The van der Waals surface area contributed by atoms with E-state index in [2.05, 4.69) is 10.1 Å². The molecular formula is C9H15N3. The average Bonchev–Trinajstić information content (AvgIpc) is 2.74. The minimum atomic E-state index is 0.953. The van der Waals surface area contributed by atoms with Gasteiger partial charge in [0.1, 0.15) is 12.7 Å². The molecule has 3 nitrogen and oxygen atoms in total. The second kappa shape index (κ2) is 3.70. The molecule has 1 aromatic heterocycles. The number of hydrogen-bond donors (Lipinski definition) is 0. The van der Waals surface area contributed by atoms with Crippen LogP contribution in [-0.2, 0) is 6.54 Å². The van der Waals surface area contributed by atoms with Gasteiger partial charge in [0.05, 0.1) is 0 Å². The maximum absolute atomic E-state index is 4.08. The van der Waals surface area contributed by atoms with Crippen LogP contribution in [0.25, 0.3) is 0 Å². The Balaban J connectivity index is 1.74. The molecule has 0 bridgehead atoms. The molecule has 1 heterocycles. The SMILES string of the molecule is c1ncn(CCC2CCCC2)n1. The van der Waals surface area contributed by atoms with Gasteiger partial charge in [0.25, 0.3) is 0 Å². The van der Waals surface area contributed by atoms with Crippen LogP contribution in [0.2, 0.25) is 0 Å². The van der Waals surface area contributed by atoms with E-state index >= 15 is 0 Å². The van der Waals surface area contributed by atoms with Gasteiger partial charge < -0.3 is 0 Å². The van der Waals surface area contributed by atoms with Crippen molar-refractivity contribution in [3.05, 3.63) is 12.7 Å². The summed E-state index contributed by atoms with van der Waals surface area (Å²) in [5, 5.41) is 4.08. The van der Waals surface area contributed by atoms with Crippen LogP contribution in [0.4, 0.5) is 0 Å². The molecule has 0 atom stereocenters. The Morgan fingerprint density at radius 3 is 2.83 bits per heavy atom. The third-order valence-corrected chi connectivity index (χ3v) is 2.71. The standard InChI is InChI=1S/C9H15N3/c1-2-4-9(3-1)5-6-12-8-10-7-11-12/h7-9H,1-6H2. The molecule has 0 unspecified atom stereocenters. The lowest BCUT2D eigenvalue weighted by molar-refractivity contribution is 0.439. The number of aromatic nitrogens is 3. The molecule has 1 aliphatic rings. The van der Waals surface area contributed by atoms with E-state index in [-0.39, 0.29) is 0 Å². The molecule has 1 saturated carbocycles. The van der Waals surface area contributed by atoms with Crippen molar-refractivity contribution in [1.29, 1.82) is 0 Å². The maximum Gasteiger partial charge on any atom is 0.137 e. The van der Waals surface area contributed by atoms with Gasteiger partial charge in [-0.2, -0.15) is 5.10 Å². The van der Waals surface area contributed by atoms with E-state index in [1.165, 1.54) is 32.1 Å². The summed E-state index contributed by atoms with van der Waals surface area (Å²) < 4.78 is 1.93. The monoisotopic (exact) mass is 165 g/mol. The van der Waals surface area contributed by atoms with Crippen LogP contribution in [-0.4, -0.2) is 14.8 Å². The molecule has 0 N–H and O–H groups in total. The van der Waals surface area contributed by atoms with Gasteiger partial charge in [-0.1, -0.05) is 25.7 Å². The lowest BCUT2D eigenvalue weighted by Crippen LogP contribution is -2.03. The molecule has 0 saturated heterocycles. The summed E-state index contributed by atoms with van der Waals surface area (Å²) in [7, 11) is 0. The number of hydrogen-bond acceptors (Lipinski definition) is 2. The zero-order valence-corrected chi connectivity index (χ0v) is 7.32. The van der Waals surface area contributed by atoms with E-state index in [1.807, 2.05) is 4.68 Å². The summed E-state index contributed by atoms with van der Waals surface area (Å²) in [5.41, 5.74) is 0. The van der Waals surface area contributed by atoms with Gasteiger partial charge in [-0.05, 0) is 12.3 Å². The third kappa shape index (κ3) is 1.84. The largest absolute Gasteiger partial charge is 0.253 e. The van der Waals surface area contributed by atoms with Gasteiger partial charge in [-0.25, -0.2) is 4.98 Å². The first kappa shape index (κ1) is 7.77. The van der Waals surface area contributed by atoms with Crippen molar-refractivity contribution in [3.8, 4) is 0 Å². The Morgan fingerprint density at radius 1 is 1.33 bits per heavy atom.